The summed E-state index contributed by atoms with van der Waals surface area (Å²) in [5.41, 5.74) is 5.06. The smallest absolute Gasteiger partial charge is 0.108 e. The molecule has 2 heteroatoms. The molecule has 16 heavy (non-hydrogen) atoms. The summed E-state index contributed by atoms with van der Waals surface area (Å²) in [6.45, 7) is 2.02. The summed E-state index contributed by atoms with van der Waals surface area (Å²) in [6, 6.07) is 20.0. The molecule has 2 aromatic carbocycles. The quantitative estimate of drug-likeness (QED) is 0.780. The van der Waals surface area contributed by atoms with Gasteiger partial charge in [-0.05, 0) is 24.6 Å². The number of anilines is 1. The number of rotatable bonds is 4. The van der Waals surface area contributed by atoms with Crippen molar-refractivity contribution in [2.75, 3.05) is 5.48 Å². The van der Waals surface area contributed by atoms with Crippen LogP contribution >= 0.6 is 0 Å². The van der Waals surface area contributed by atoms with Crippen LogP contribution in [0.1, 0.15) is 18.6 Å². The molecule has 2 aromatic rings. The molecule has 0 spiro atoms. The molecule has 0 fully saturated rings. The monoisotopic (exact) mass is 213 g/mol. The van der Waals surface area contributed by atoms with Crippen LogP contribution in [0, 0.1) is 0 Å². The minimum Gasteiger partial charge on any atom is -0.268 e. The highest BCUT2D eigenvalue weighted by molar-refractivity contribution is 5.40. The van der Waals surface area contributed by atoms with Crippen LogP contribution in [0.2, 0.25) is 0 Å². The van der Waals surface area contributed by atoms with E-state index < -0.39 is 0 Å². The zero-order valence-corrected chi connectivity index (χ0v) is 9.26. The largest absolute Gasteiger partial charge is 0.268 e. The Morgan fingerprint density at radius 3 is 2.06 bits per heavy atom. The molecule has 0 aliphatic carbocycles. The standard InChI is InChI=1S/C14H15NO/c1-12(13-8-4-2-5-9-13)16-15-14-10-6-3-7-11-14/h2-12,15H,1H3. The maximum absolute atomic E-state index is 5.56. The van der Waals surface area contributed by atoms with Crippen molar-refractivity contribution in [2.24, 2.45) is 0 Å². The fourth-order valence-electron chi connectivity index (χ4n) is 1.45. The van der Waals surface area contributed by atoms with E-state index in [1.54, 1.807) is 0 Å². The molecule has 1 atom stereocenters. The maximum Gasteiger partial charge on any atom is 0.108 e. The summed E-state index contributed by atoms with van der Waals surface area (Å²) < 4.78 is 0. The van der Waals surface area contributed by atoms with Crippen molar-refractivity contribution in [1.29, 1.82) is 0 Å². The van der Waals surface area contributed by atoms with Gasteiger partial charge in [0.15, 0.2) is 0 Å². The summed E-state index contributed by atoms with van der Waals surface area (Å²) in [5, 5.41) is 0. The van der Waals surface area contributed by atoms with E-state index in [4.69, 9.17) is 4.84 Å². The van der Waals surface area contributed by atoms with Gasteiger partial charge < -0.3 is 0 Å². The molecule has 0 aromatic heterocycles. The molecule has 0 bridgehead atoms. The normalized spacial score (nSPS) is 12.1. The van der Waals surface area contributed by atoms with Crippen molar-refractivity contribution in [2.45, 2.75) is 13.0 Å². The second kappa shape index (κ2) is 5.33. The molecule has 1 unspecified atom stereocenters. The number of para-hydroxylation sites is 1. The van der Waals surface area contributed by atoms with Crippen molar-refractivity contribution in [3.8, 4) is 0 Å². The van der Waals surface area contributed by atoms with E-state index in [9.17, 15) is 0 Å². The Bertz CT molecular complexity index is 413. The summed E-state index contributed by atoms with van der Waals surface area (Å²) in [4.78, 5) is 5.56. The average molecular weight is 213 g/mol. The van der Waals surface area contributed by atoms with Gasteiger partial charge >= 0.3 is 0 Å². The third-order valence-electron chi connectivity index (χ3n) is 2.40. The average Bonchev–Trinajstić information content (AvgIpc) is 2.38. The summed E-state index contributed by atoms with van der Waals surface area (Å²) in [7, 11) is 0. The van der Waals surface area contributed by atoms with E-state index >= 15 is 0 Å². The van der Waals surface area contributed by atoms with Gasteiger partial charge in [0.05, 0.1) is 5.69 Å². The molecule has 0 heterocycles. The SMILES string of the molecule is CC(ONc1ccccc1)c1ccccc1. The van der Waals surface area contributed by atoms with Crippen LogP contribution in [0.15, 0.2) is 60.7 Å². The Morgan fingerprint density at radius 2 is 1.44 bits per heavy atom. The lowest BCUT2D eigenvalue weighted by Gasteiger charge is -2.14. The first kappa shape index (κ1) is 10.7. The number of hydrogen-bond acceptors (Lipinski definition) is 2. The van der Waals surface area contributed by atoms with Crippen molar-refractivity contribution >= 4 is 5.69 Å². The number of nitrogens with one attached hydrogen (secondary N) is 1. The topological polar surface area (TPSA) is 21.3 Å². The van der Waals surface area contributed by atoms with Crippen LogP contribution in [0.3, 0.4) is 0 Å². The van der Waals surface area contributed by atoms with Gasteiger partial charge in [0.2, 0.25) is 0 Å². The summed E-state index contributed by atoms with van der Waals surface area (Å²) in [5.74, 6) is 0. The van der Waals surface area contributed by atoms with Gasteiger partial charge in [-0.25, -0.2) is 0 Å². The first-order chi connectivity index (χ1) is 7.86. The van der Waals surface area contributed by atoms with Gasteiger partial charge in [-0.15, -0.1) is 0 Å². The molecule has 82 valence electrons. The fraction of sp³-hybridized carbons (Fsp3) is 0.143. The van der Waals surface area contributed by atoms with E-state index in [0.29, 0.717) is 0 Å². The summed E-state index contributed by atoms with van der Waals surface area (Å²) in [6.07, 6.45) is 0.0291. The lowest BCUT2D eigenvalue weighted by Crippen LogP contribution is -2.06. The van der Waals surface area contributed by atoms with E-state index in [-0.39, 0.29) is 6.10 Å². The predicted molar refractivity (Wildman–Crippen MR) is 66.0 cm³/mol. The lowest BCUT2D eigenvalue weighted by atomic mass is 10.1. The van der Waals surface area contributed by atoms with E-state index in [1.165, 1.54) is 0 Å². The highest BCUT2D eigenvalue weighted by Gasteiger charge is 2.04. The first-order valence-electron chi connectivity index (χ1n) is 5.38. The number of benzene rings is 2. The van der Waals surface area contributed by atoms with Gasteiger partial charge in [-0.2, -0.15) is 0 Å². The van der Waals surface area contributed by atoms with Crippen molar-refractivity contribution in [3.05, 3.63) is 66.2 Å². The van der Waals surface area contributed by atoms with E-state index in [2.05, 4.69) is 17.6 Å². The van der Waals surface area contributed by atoms with Crippen molar-refractivity contribution < 1.29 is 4.84 Å². The van der Waals surface area contributed by atoms with E-state index in [0.717, 1.165) is 11.3 Å². The molecular formula is C14H15NO. The van der Waals surface area contributed by atoms with Crippen LogP contribution in [-0.2, 0) is 4.84 Å². The third kappa shape index (κ3) is 2.84. The molecule has 0 aliphatic heterocycles. The van der Waals surface area contributed by atoms with Crippen LogP contribution in [0.4, 0.5) is 5.69 Å². The Labute approximate surface area is 95.8 Å². The Morgan fingerprint density at radius 1 is 0.875 bits per heavy atom. The van der Waals surface area contributed by atoms with Crippen LogP contribution in [-0.4, -0.2) is 0 Å². The molecule has 0 saturated heterocycles. The fourth-order valence-corrected chi connectivity index (χ4v) is 1.45. The molecule has 2 rings (SSSR count). The van der Waals surface area contributed by atoms with Crippen LogP contribution < -0.4 is 5.48 Å². The van der Waals surface area contributed by atoms with Gasteiger partial charge in [-0.1, -0.05) is 48.5 Å². The predicted octanol–water partition coefficient (Wildman–Crippen LogP) is 3.79. The molecule has 1 N–H and O–H groups in total. The second-order valence-electron chi connectivity index (χ2n) is 3.64. The van der Waals surface area contributed by atoms with Gasteiger partial charge in [0, 0.05) is 0 Å². The zero-order valence-electron chi connectivity index (χ0n) is 9.26. The highest BCUT2D eigenvalue weighted by Crippen LogP contribution is 2.17. The minimum absolute atomic E-state index is 0.0291. The Kier molecular flexibility index (Phi) is 3.57. The molecule has 0 radical (unpaired) electrons. The van der Waals surface area contributed by atoms with Crippen molar-refractivity contribution in [1.82, 2.24) is 0 Å². The van der Waals surface area contributed by atoms with Gasteiger partial charge in [-0.3, -0.25) is 10.3 Å². The Balaban J connectivity index is 1.92. The molecule has 0 aliphatic rings. The molecule has 2 nitrogen and oxygen atoms in total. The van der Waals surface area contributed by atoms with Crippen LogP contribution in [0.25, 0.3) is 0 Å². The first-order valence-corrected chi connectivity index (χ1v) is 5.38. The minimum atomic E-state index is 0.0291. The van der Waals surface area contributed by atoms with Crippen molar-refractivity contribution in [3.63, 3.8) is 0 Å². The number of hydrogen-bond donors (Lipinski definition) is 1. The third-order valence-corrected chi connectivity index (χ3v) is 2.40. The molecule has 0 amide bonds. The van der Waals surface area contributed by atoms with Crippen LogP contribution in [0.5, 0.6) is 0 Å². The second-order valence-corrected chi connectivity index (χ2v) is 3.64. The Hall–Kier alpha value is -1.80. The van der Waals surface area contributed by atoms with E-state index in [1.807, 2.05) is 55.5 Å². The summed E-state index contributed by atoms with van der Waals surface area (Å²) >= 11 is 0. The molecular weight excluding hydrogens is 198 g/mol. The highest BCUT2D eigenvalue weighted by atomic mass is 16.7. The zero-order chi connectivity index (χ0) is 11.2. The lowest BCUT2D eigenvalue weighted by molar-refractivity contribution is 0.116. The van der Waals surface area contributed by atoms with Gasteiger partial charge in [0.25, 0.3) is 0 Å². The maximum atomic E-state index is 5.56. The molecule has 0 saturated carbocycles. The van der Waals surface area contributed by atoms with Gasteiger partial charge in [0.1, 0.15) is 6.10 Å².